The molecule has 2 fully saturated rings. The highest BCUT2D eigenvalue weighted by Gasteiger charge is 2.50. The molecule has 3 aliphatic rings. The van der Waals surface area contributed by atoms with Gasteiger partial charge in [-0.2, -0.15) is 4.39 Å². The largest absolute Gasteiger partial charge is 0.488 e. The van der Waals surface area contributed by atoms with Crippen molar-refractivity contribution in [2.45, 2.75) is 79.9 Å². The summed E-state index contributed by atoms with van der Waals surface area (Å²) in [5.74, 6) is -4.79. The summed E-state index contributed by atoms with van der Waals surface area (Å²) in [6, 6.07) is 14.4. The molecular weight excluding hydrogens is 792 g/mol. The Morgan fingerprint density at radius 3 is 2.17 bits per heavy atom. The van der Waals surface area contributed by atoms with Gasteiger partial charge in [-0.1, -0.05) is 71.2 Å². The molecule has 2 atom stereocenters. The molecule has 1 N–H and O–H groups in total. The van der Waals surface area contributed by atoms with Crippen LogP contribution >= 0.6 is 47.2 Å². The van der Waals surface area contributed by atoms with Gasteiger partial charge in [0.1, 0.15) is 5.82 Å². The number of nitrogens with zero attached hydrogens (tertiary/aromatic N) is 2. The lowest BCUT2D eigenvalue weighted by Gasteiger charge is -2.48. The average Bonchev–Trinajstić information content (AvgIpc) is 3.95. The standard InChI is InChI=1S/C39H40Cl3F4N3O4.ClH/c1-38(2,39(40,41)42)53-37(51)49-28-20-29(25-9-5-23(6-10-25)4-3-19-52-35-31(45)16-15-30(44)34(35)46)33(32(49)22-47-21-28)36(50)48(27-13-14-27)18-17-24-7-11-26(43)12-8-24;/h5-12,15-16,27-28,32,47H,3-4,13-14,17-22H2,1-2H3;1H. The Bertz CT molecular complexity index is 1850. The first-order valence-electron chi connectivity index (χ1n) is 17.6. The first-order valence-corrected chi connectivity index (χ1v) is 18.7. The van der Waals surface area contributed by atoms with Gasteiger partial charge < -0.3 is 19.7 Å². The summed E-state index contributed by atoms with van der Waals surface area (Å²) in [6.07, 6.45) is 2.80. The number of hydrogen-bond donors (Lipinski definition) is 1. The zero-order valence-electron chi connectivity index (χ0n) is 29.7. The van der Waals surface area contributed by atoms with E-state index in [0.29, 0.717) is 57.0 Å². The molecule has 1 aliphatic carbocycles. The molecule has 2 heterocycles. The molecule has 1 saturated carbocycles. The number of alkyl halides is 3. The van der Waals surface area contributed by atoms with Crippen LogP contribution < -0.4 is 10.1 Å². The minimum absolute atomic E-state index is 0. The van der Waals surface area contributed by atoms with Gasteiger partial charge in [-0.3, -0.25) is 9.69 Å². The van der Waals surface area contributed by atoms with Crippen molar-refractivity contribution >= 4 is 64.8 Å². The molecule has 54 heavy (non-hydrogen) atoms. The van der Waals surface area contributed by atoms with Crippen LogP contribution in [0.25, 0.3) is 5.57 Å². The highest BCUT2D eigenvalue weighted by Crippen LogP contribution is 2.43. The van der Waals surface area contributed by atoms with Crippen LogP contribution in [-0.4, -0.2) is 75.6 Å². The number of halogens is 8. The number of piperazine rings is 1. The second-order valence-electron chi connectivity index (χ2n) is 14.1. The van der Waals surface area contributed by atoms with Crippen LogP contribution in [0, 0.1) is 23.3 Å². The zero-order valence-corrected chi connectivity index (χ0v) is 32.7. The van der Waals surface area contributed by atoms with Gasteiger partial charge in [-0.25, -0.2) is 18.0 Å². The fourth-order valence-electron chi connectivity index (χ4n) is 6.80. The number of rotatable bonds is 12. The summed E-state index contributed by atoms with van der Waals surface area (Å²) < 4.78 is 64.2. The van der Waals surface area contributed by atoms with E-state index in [1.165, 1.54) is 26.0 Å². The minimum atomic E-state index is -1.91. The topological polar surface area (TPSA) is 71.1 Å². The van der Waals surface area contributed by atoms with Crippen molar-refractivity contribution in [1.82, 2.24) is 15.1 Å². The summed E-state index contributed by atoms with van der Waals surface area (Å²) >= 11 is 18.5. The number of ether oxygens (including phenoxy) is 2. The van der Waals surface area contributed by atoms with Gasteiger partial charge in [0.05, 0.1) is 18.7 Å². The van der Waals surface area contributed by atoms with Crippen molar-refractivity contribution in [3.8, 4) is 5.75 Å². The van der Waals surface area contributed by atoms with E-state index in [-0.39, 0.29) is 42.8 Å². The quantitative estimate of drug-likeness (QED) is 0.0855. The third-order valence-corrected chi connectivity index (χ3v) is 11.3. The molecule has 2 unspecified atom stereocenters. The molecule has 2 bridgehead atoms. The van der Waals surface area contributed by atoms with E-state index in [4.69, 9.17) is 44.3 Å². The van der Waals surface area contributed by atoms with Crippen LogP contribution in [0.5, 0.6) is 5.75 Å². The van der Waals surface area contributed by atoms with Crippen LogP contribution in [0.2, 0.25) is 0 Å². The molecule has 2 amide bonds. The maximum absolute atomic E-state index is 14.8. The molecule has 15 heteroatoms. The maximum atomic E-state index is 14.8. The van der Waals surface area contributed by atoms with Crippen molar-refractivity contribution in [1.29, 1.82) is 0 Å². The average molecular weight is 834 g/mol. The Kier molecular flexibility index (Phi) is 13.4. The van der Waals surface area contributed by atoms with E-state index in [9.17, 15) is 27.2 Å². The van der Waals surface area contributed by atoms with Crippen molar-refractivity contribution in [2.24, 2.45) is 0 Å². The normalized spacial score (nSPS) is 18.6. The predicted molar refractivity (Wildman–Crippen MR) is 203 cm³/mol. The fraction of sp³-hybridized carbons (Fsp3) is 0.436. The molecule has 7 nitrogen and oxygen atoms in total. The number of carbonyl (C=O) groups excluding carboxylic acids is 2. The minimum Gasteiger partial charge on any atom is -0.488 e. The molecular formula is C39H41Cl4F4N3O4. The molecule has 0 radical (unpaired) electrons. The van der Waals surface area contributed by atoms with Crippen LogP contribution in [0.3, 0.4) is 0 Å². The van der Waals surface area contributed by atoms with E-state index < -0.39 is 44.7 Å². The highest BCUT2D eigenvalue weighted by molar-refractivity contribution is 6.68. The van der Waals surface area contributed by atoms with Gasteiger partial charge in [0.15, 0.2) is 23.0 Å². The van der Waals surface area contributed by atoms with Gasteiger partial charge in [0.25, 0.3) is 5.91 Å². The Morgan fingerprint density at radius 1 is 0.889 bits per heavy atom. The van der Waals surface area contributed by atoms with Crippen LogP contribution in [0.4, 0.5) is 22.4 Å². The molecule has 3 aromatic carbocycles. The van der Waals surface area contributed by atoms with Crippen molar-refractivity contribution in [3.63, 3.8) is 0 Å². The summed E-state index contributed by atoms with van der Waals surface area (Å²) in [4.78, 5) is 32.2. The zero-order chi connectivity index (χ0) is 38.1. The number of aryl methyl sites for hydroxylation is 1. The monoisotopic (exact) mass is 831 g/mol. The Morgan fingerprint density at radius 2 is 1.52 bits per heavy atom. The number of nitrogens with one attached hydrogen (secondary N) is 1. The van der Waals surface area contributed by atoms with Crippen LogP contribution in [0.1, 0.15) is 56.2 Å². The van der Waals surface area contributed by atoms with E-state index in [0.717, 1.165) is 41.2 Å². The second-order valence-corrected chi connectivity index (χ2v) is 16.4. The van der Waals surface area contributed by atoms with Gasteiger partial charge >= 0.3 is 6.09 Å². The molecule has 0 spiro atoms. The molecule has 0 aromatic heterocycles. The molecule has 292 valence electrons. The first-order chi connectivity index (χ1) is 25.1. The number of hydrogen-bond acceptors (Lipinski definition) is 5. The van der Waals surface area contributed by atoms with Crippen LogP contribution in [0.15, 0.2) is 66.2 Å². The van der Waals surface area contributed by atoms with Crippen molar-refractivity contribution in [2.75, 3.05) is 26.2 Å². The molecule has 3 aromatic rings. The third kappa shape index (κ3) is 9.41. The van der Waals surface area contributed by atoms with E-state index >= 15 is 0 Å². The number of amides is 2. The van der Waals surface area contributed by atoms with Gasteiger partial charge in [0.2, 0.25) is 9.61 Å². The van der Waals surface area contributed by atoms with Crippen molar-refractivity contribution < 1.29 is 36.6 Å². The maximum Gasteiger partial charge on any atom is 0.411 e. The van der Waals surface area contributed by atoms with Gasteiger partial charge in [0, 0.05) is 31.2 Å². The summed E-state index contributed by atoms with van der Waals surface area (Å²) in [5, 5.41) is 3.38. The lowest BCUT2D eigenvalue weighted by atomic mass is 9.81. The smallest absolute Gasteiger partial charge is 0.411 e. The second kappa shape index (κ2) is 17.3. The highest BCUT2D eigenvalue weighted by atomic mass is 35.6. The van der Waals surface area contributed by atoms with Gasteiger partial charge in [-0.05, 0) is 98.9 Å². The molecule has 6 rings (SSSR count). The first kappa shape index (κ1) is 41.9. The Labute approximate surface area is 333 Å². The third-order valence-electron chi connectivity index (χ3n) is 9.97. The SMILES string of the molecule is CC(C)(OC(=O)N1C2CNCC1C(C(=O)N(CCc1ccc(F)cc1)C1CC1)=C(c1ccc(CCCOc3c(F)ccc(F)c3F)cc1)C2)C(Cl)(Cl)Cl.Cl. The number of benzene rings is 3. The lowest BCUT2D eigenvalue weighted by molar-refractivity contribution is -0.128. The van der Waals surface area contributed by atoms with Crippen LogP contribution in [-0.2, 0) is 22.4 Å². The van der Waals surface area contributed by atoms with E-state index in [1.807, 2.05) is 29.2 Å². The number of fused-ring (bicyclic) bond motifs is 2. The summed E-state index contributed by atoms with van der Waals surface area (Å²) in [7, 11) is 0. The Hall–Kier alpha value is -3.22. The molecule has 1 saturated heterocycles. The predicted octanol–water partition coefficient (Wildman–Crippen LogP) is 9.00. The fourth-order valence-corrected chi connectivity index (χ4v) is 6.92. The summed E-state index contributed by atoms with van der Waals surface area (Å²) in [5.41, 5.74) is 2.45. The molecule has 2 aliphatic heterocycles. The van der Waals surface area contributed by atoms with E-state index in [2.05, 4.69) is 5.32 Å². The summed E-state index contributed by atoms with van der Waals surface area (Å²) in [6.45, 7) is 4.15. The van der Waals surface area contributed by atoms with Gasteiger partial charge in [-0.15, -0.1) is 12.4 Å². The Balaban J connectivity index is 0.00000561. The van der Waals surface area contributed by atoms with Crippen molar-refractivity contribution in [3.05, 3.63) is 106 Å². The van der Waals surface area contributed by atoms with E-state index in [1.54, 1.807) is 17.0 Å². The number of carbonyl (C=O) groups is 2. The lowest BCUT2D eigenvalue weighted by Crippen LogP contribution is -2.64.